The van der Waals surface area contributed by atoms with Crippen molar-refractivity contribution in [3.63, 3.8) is 0 Å². The molecule has 0 spiro atoms. The van der Waals surface area contributed by atoms with Gasteiger partial charge in [0, 0.05) is 25.2 Å². The predicted octanol–water partition coefficient (Wildman–Crippen LogP) is 2.63. The highest BCUT2D eigenvalue weighted by molar-refractivity contribution is 5.67. The molecular formula is C15H28N2O2. The van der Waals surface area contributed by atoms with Crippen LogP contribution in [0.25, 0.3) is 0 Å². The number of piperidine rings is 1. The molecule has 1 saturated carbocycles. The number of rotatable bonds is 4. The number of hydrogen-bond donors (Lipinski definition) is 1. The van der Waals surface area contributed by atoms with Crippen molar-refractivity contribution in [1.82, 2.24) is 10.2 Å². The van der Waals surface area contributed by atoms with E-state index in [1.54, 1.807) is 0 Å². The summed E-state index contributed by atoms with van der Waals surface area (Å²) in [5.74, 6) is 1.60. The van der Waals surface area contributed by atoms with E-state index < -0.39 is 0 Å². The molecule has 0 bridgehead atoms. The second kappa shape index (κ2) is 6.60. The van der Waals surface area contributed by atoms with Gasteiger partial charge < -0.3 is 10.1 Å². The molecule has 2 aliphatic rings. The molecule has 0 aromatic heterocycles. The van der Waals surface area contributed by atoms with Crippen molar-refractivity contribution in [3.05, 3.63) is 0 Å². The molecule has 0 aromatic rings. The van der Waals surface area contributed by atoms with E-state index in [-0.39, 0.29) is 12.1 Å². The highest BCUT2D eigenvalue weighted by atomic mass is 16.5. The first-order valence-electron chi connectivity index (χ1n) is 7.70. The molecule has 1 N–H and O–H groups in total. The van der Waals surface area contributed by atoms with Crippen LogP contribution in [0.5, 0.6) is 0 Å². The first kappa shape index (κ1) is 14.6. The van der Waals surface area contributed by atoms with Gasteiger partial charge in [0.25, 0.3) is 0 Å². The lowest BCUT2D eigenvalue weighted by molar-refractivity contribution is 0.0315. The molecule has 4 nitrogen and oxygen atoms in total. The molecule has 0 aromatic carbocycles. The van der Waals surface area contributed by atoms with E-state index in [1.165, 1.54) is 39.3 Å². The fourth-order valence-corrected chi connectivity index (χ4v) is 3.64. The molecule has 2 atom stereocenters. The second-order valence-corrected chi connectivity index (χ2v) is 6.41. The largest absolute Gasteiger partial charge is 0.453 e. The van der Waals surface area contributed by atoms with Gasteiger partial charge in [-0.05, 0) is 37.5 Å². The Morgan fingerprint density at radius 1 is 1.32 bits per heavy atom. The zero-order valence-electron chi connectivity index (χ0n) is 12.5. The molecule has 0 radical (unpaired) electrons. The number of carbonyl (C=O) groups excluding carboxylic acids is 1. The minimum absolute atomic E-state index is 0.258. The van der Waals surface area contributed by atoms with Gasteiger partial charge in [0.15, 0.2) is 0 Å². The number of likely N-dealkylation sites (tertiary alicyclic amines) is 1. The Balaban J connectivity index is 1.90. The van der Waals surface area contributed by atoms with Crippen LogP contribution in [-0.2, 0) is 4.74 Å². The number of nitrogens with one attached hydrogen (secondary N) is 1. The molecule has 2 unspecified atom stereocenters. The molecule has 1 aliphatic heterocycles. The van der Waals surface area contributed by atoms with Crippen molar-refractivity contribution in [2.45, 2.75) is 58.0 Å². The van der Waals surface area contributed by atoms with E-state index in [0.29, 0.717) is 0 Å². The number of amides is 1. The third-order valence-corrected chi connectivity index (χ3v) is 4.64. The van der Waals surface area contributed by atoms with Crippen molar-refractivity contribution in [3.8, 4) is 0 Å². The number of carbonyl (C=O) groups is 1. The zero-order chi connectivity index (χ0) is 13.8. The van der Waals surface area contributed by atoms with Crippen molar-refractivity contribution in [2.75, 3.05) is 20.2 Å². The molecule has 110 valence electrons. The number of hydrogen-bond acceptors (Lipinski definition) is 3. The van der Waals surface area contributed by atoms with Crippen molar-refractivity contribution in [2.24, 2.45) is 11.8 Å². The van der Waals surface area contributed by atoms with Crippen LogP contribution >= 0.6 is 0 Å². The highest BCUT2D eigenvalue weighted by Gasteiger charge is 2.36. The second-order valence-electron chi connectivity index (χ2n) is 6.41. The summed E-state index contributed by atoms with van der Waals surface area (Å²) in [6.45, 7) is 6.78. The lowest BCUT2D eigenvalue weighted by Crippen LogP contribution is -2.56. The standard InChI is InChI=1S/C15H28N2O2/c1-4-5-12-8-13(16-15(18)19-3)10-17(9-12)14-6-11(2)7-14/h11-14H,4-10H2,1-3H3,(H,16,18). The van der Waals surface area contributed by atoms with Crippen LogP contribution in [0.15, 0.2) is 0 Å². The quantitative estimate of drug-likeness (QED) is 0.852. The third kappa shape index (κ3) is 3.85. The van der Waals surface area contributed by atoms with Crippen molar-refractivity contribution in [1.29, 1.82) is 0 Å². The normalized spacial score (nSPS) is 35.5. The summed E-state index contributed by atoms with van der Waals surface area (Å²) in [6.07, 6.45) is 5.95. The average Bonchev–Trinajstić information content (AvgIpc) is 2.35. The van der Waals surface area contributed by atoms with Crippen LogP contribution < -0.4 is 5.32 Å². The number of nitrogens with zero attached hydrogens (tertiary/aromatic N) is 1. The van der Waals surface area contributed by atoms with Gasteiger partial charge in [-0.2, -0.15) is 0 Å². The summed E-state index contributed by atoms with van der Waals surface area (Å²) in [4.78, 5) is 14.0. The highest BCUT2D eigenvalue weighted by Crippen LogP contribution is 2.34. The Hall–Kier alpha value is -0.770. The van der Waals surface area contributed by atoms with Gasteiger partial charge in [0.2, 0.25) is 0 Å². The molecular weight excluding hydrogens is 240 g/mol. The van der Waals surface area contributed by atoms with Crippen LogP contribution in [0.2, 0.25) is 0 Å². The number of ether oxygens (including phenoxy) is 1. The van der Waals surface area contributed by atoms with Gasteiger partial charge in [0.05, 0.1) is 7.11 Å². The molecule has 1 saturated heterocycles. The third-order valence-electron chi connectivity index (χ3n) is 4.64. The Bertz CT molecular complexity index is 303. The van der Waals surface area contributed by atoms with E-state index in [1.807, 2.05) is 0 Å². The summed E-state index contributed by atoms with van der Waals surface area (Å²) in [5, 5.41) is 3.00. The Morgan fingerprint density at radius 2 is 2.05 bits per heavy atom. The molecule has 2 fully saturated rings. The summed E-state index contributed by atoms with van der Waals surface area (Å²) in [6, 6.07) is 1.00. The lowest BCUT2D eigenvalue weighted by Gasteiger charge is -2.47. The molecule has 1 amide bonds. The maximum absolute atomic E-state index is 11.4. The number of alkyl carbamates (subject to hydrolysis) is 1. The van der Waals surface area contributed by atoms with E-state index >= 15 is 0 Å². The Labute approximate surface area is 116 Å². The van der Waals surface area contributed by atoms with Crippen molar-refractivity contribution >= 4 is 6.09 Å². The van der Waals surface area contributed by atoms with Crippen LogP contribution in [0.3, 0.4) is 0 Å². The number of methoxy groups -OCH3 is 1. The lowest BCUT2D eigenvalue weighted by atomic mass is 9.78. The van der Waals surface area contributed by atoms with Gasteiger partial charge in [-0.15, -0.1) is 0 Å². The molecule has 4 heteroatoms. The van der Waals surface area contributed by atoms with Gasteiger partial charge in [0.1, 0.15) is 0 Å². The van der Waals surface area contributed by atoms with E-state index in [4.69, 9.17) is 4.74 Å². The van der Waals surface area contributed by atoms with E-state index in [9.17, 15) is 4.79 Å². The summed E-state index contributed by atoms with van der Waals surface area (Å²) in [7, 11) is 1.44. The monoisotopic (exact) mass is 268 g/mol. The average molecular weight is 268 g/mol. The molecule has 1 aliphatic carbocycles. The van der Waals surface area contributed by atoms with Gasteiger partial charge in [-0.1, -0.05) is 20.3 Å². The maximum atomic E-state index is 11.4. The summed E-state index contributed by atoms with van der Waals surface area (Å²) in [5.41, 5.74) is 0. The van der Waals surface area contributed by atoms with E-state index in [0.717, 1.165) is 30.8 Å². The van der Waals surface area contributed by atoms with Gasteiger partial charge in [-0.25, -0.2) is 4.79 Å². The van der Waals surface area contributed by atoms with Crippen LogP contribution in [0, 0.1) is 11.8 Å². The van der Waals surface area contributed by atoms with Crippen LogP contribution in [-0.4, -0.2) is 43.3 Å². The van der Waals surface area contributed by atoms with Gasteiger partial charge >= 0.3 is 6.09 Å². The fraction of sp³-hybridized carbons (Fsp3) is 0.933. The summed E-state index contributed by atoms with van der Waals surface area (Å²) < 4.78 is 4.73. The minimum atomic E-state index is -0.288. The Kier molecular flexibility index (Phi) is 5.08. The molecule has 2 rings (SSSR count). The zero-order valence-corrected chi connectivity index (χ0v) is 12.5. The van der Waals surface area contributed by atoms with Crippen LogP contribution in [0.1, 0.15) is 46.0 Å². The molecule has 1 heterocycles. The molecule has 19 heavy (non-hydrogen) atoms. The minimum Gasteiger partial charge on any atom is -0.453 e. The first-order valence-corrected chi connectivity index (χ1v) is 7.70. The SMILES string of the molecule is CCCC1CC(NC(=O)OC)CN(C2CC(C)C2)C1. The van der Waals surface area contributed by atoms with Gasteiger partial charge in [-0.3, -0.25) is 4.90 Å². The smallest absolute Gasteiger partial charge is 0.407 e. The Morgan fingerprint density at radius 3 is 2.63 bits per heavy atom. The first-order chi connectivity index (χ1) is 9.12. The fourth-order valence-electron chi connectivity index (χ4n) is 3.64. The van der Waals surface area contributed by atoms with Crippen molar-refractivity contribution < 1.29 is 9.53 Å². The predicted molar refractivity (Wildman–Crippen MR) is 76.1 cm³/mol. The topological polar surface area (TPSA) is 41.6 Å². The summed E-state index contributed by atoms with van der Waals surface area (Å²) >= 11 is 0. The maximum Gasteiger partial charge on any atom is 0.407 e. The van der Waals surface area contributed by atoms with Crippen LogP contribution in [0.4, 0.5) is 4.79 Å². The van der Waals surface area contributed by atoms with E-state index in [2.05, 4.69) is 24.1 Å².